The second-order valence-electron chi connectivity index (χ2n) is 13.9. The smallest absolute Gasteiger partial charge is 0.138 e. The van der Waals surface area contributed by atoms with Crippen molar-refractivity contribution in [3.63, 3.8) is 0 Å². The van der Waals surface area contributed by atoms with Gasteiger partial charge in [-0.2, -0.15) is 0 Å². The highest BCUT2D eigenvalue weighted by atomic mass is 16.5. The number of aryl methyl sites for hydroxylation is 6. The van der Waals surface area contributed by atoms with Gasteiger partial charge in [-0.15, -0.1) is 0 Å². The third-order valence-corrected chi connectivity index (χ3v) is 9.96. The van der Waals surface area contributed by atoms with Crippen LogP contribution in [0.4, 0.5) is 5.69 Å². The van der Waals surface area contributed by atoms with E-state index in [1.165, 1.54) is 55.6 Å². The highest BCUT2D eigenvalue weighted by Crippen LogP contribution is 2.38. The number of anilines is 1. The summed E-state index contributed by atoms with van der Waals surface area (Å²) >= 11 is 0. The number of rotatable bonds is 6. The maximum Gasteiger partial charge on any atom is 0.138 e. The van der Waals surface area contributed by atoms with Crippen LogP contribution in [0.15, 0.2) is 116 Å². The van der Waals surface area contributed by atoms with Crippen LogP contribution in [0.2, 0.25) is 0 Å². The summed E-state index contributed by atoms with van der Waals surface area (Å²) in [6, 6.07) is 36.7. The third-order valence-electron chi connectivity index (χ3n) is 9.96. The van der Waals surface area contributed by atoms with E-state index in [1.54, 1.807) is 0 Å². The quantitative estimate of drug-likeness (QED) is 0.179. The van der Waals surface area contributed by atoms with Crippen LogP contribution in [0.25, 0.3) is 44.4 Å². The first-order chi connectivity index (χ1) is 24.1. The van der Waals surface area contributed by atoms with Crippen molar-refractivity contribution in [2.75, 3.05) is 18.6 Å². The van der Waals surface area contributed by atoms with Crippen LogP contribution in [0, 0.1) is 41.5 Å². The summed E-state index contributed by atoms with van der Waals surface area (Å²) in [4.78, 5) is 9.51. The molecular formula is C45H42N4O. The van der Waals surface area contributed by atoms with Crippen molar-refractivity contribution < 1.29 is 4.74 Å². The second kappa shape index (κ2) is 12.3. The van der Waals surface area contributed by atoms with Gasteiger partial charge in [-0.05, 0) is 117 Å². The van der Waals surface area contributed by atoms with Gasteiger partial charge < -0.3 is 14.5 Å². The topological polar surface area (TPSA) is 33.5 Å². The van der Waals surface area contributed by atoms with Gasteiger partial charge in [-0.25, -0.2) is 4.98 Å². The molecule has 5 aromatic carbocycles. The number of benzene rings is 5. The number of hydrogen-bond donors (Lipinski definition) is 0. The molecule has 2 aromatic heterocycles. The van der Waals surface area contributed by atoms with E-state index in [0.717, 1.165) is 51.7 Å². The standard InChI is InChI=1S/C45H42N4O/c1-28-19-30(3)44(31(4)20-28)34-17-18-46-43(23-34)49-40-14-9-8-13-38(40)39-16-15-37(25-41(39)49)50-36-12-10-11-35(24-36)48-26-42(47(7)27-48)45-32(5)21-29(2)22-33(45)6/h8-26H,27H2,1-7H3. The minimum absolute atomic E-state index is 0.769. The van der Waals surface area contributed by atoms with E-state index >= 15 is 0 Å². The van der Waals surface area contributed by atoms with Crippen molar-refractivity contribution >= 4 is 33.2 Å². The summed E-state index contributed by atoms with van der Waals surface area (Å²) < 4.78 is 8.87. The Kier molecular flexibility index (Phi) is 7.71. The second-order valence-corrected chi connectivity index (χ2v) is 13.9. The average Bonchev–Trinajstić information content (AvgIpc) is 3.61. The first kappa shape index (κ1) is 31.5. The molecule has 5 heteroatoms. The number of nitrogens with zero attached hydrogens (tertiary/aromatic N) is 4. The van der Waals surface area contributed by atoms with Crippen molar-refractivity contribution in [1.29, 1.82) is 0 Å². The largest absolute Gasteiger partial charge is 0.457 e. The van der Waals surface area contributed by atoms with Gasteiger partial charge in [0.2, 0.25) is 0 Å². The van der Waals surface area contributed by atoms with E-state index in [0.29, 0.717) is 0 Å². The zero-order chi connectivity index (χ0) is 34.7. The van der Waals surface area contributed by atoms with E-state index in [4.69, 9.17) is 9.72 Å². The van der Waals surface area contributed by atoms with Gasteiger partial charge in [0.15, 0.2) is 0 Å². The van der Waals surface area contributed by atoms with Gasteiger partial charge in [0.1, 0.15) is 17.3 Å². The molecule has 0 saturated heterocycles. The molecule has 3 heterocycles. The van der Waals surface area contributed by atoms with Crippen molar-refractivity contribution in [2.45, 2.75) is 41.5 Å². The lowest BCUT2D eigenvalue weighted by atomic mass is 9.94. The molecule has 0 aliphatic carbocycles. The Balaban J connectivity index is 1.16. The summed E-state index contributed by atoms with van der Waals surface area (Å²) in [5.74, 6) is 2.45. The molecule has 8 rings (SSSR count). The zero-order valence-corrected chi connectivity index (χ0v) is 29.9. The fourth-order valence-corrected chi connectivity index (χ4v) is 8.04. The van der Waals surface area contributed by atoms with Crippen LogP contribution >= 0.6 is 0 Å². The predicted molar refractivity (Wildman–Crippen MR) is 208 cm³/mol. The van der Waals surface area contributed by atoms with Crippen LogP contribution in [-0.4, -0.2) is 28.2 Å². The average molecular weight is 655 g/mol. The van der Waals surface area contributed by atoms with Crippen molar-refractivity contribution in [3.8, 4) is 28.4 Å². The monoisotopic (exact) mass is 654 g/mol. The normalized spacial score (nSPS) is 13.1. The minimum atomic E-state index is 0.769. The molecule has 1 aliphatic rings. The minimum Gasteiger partial charge on any atom is -0.457 e. The molecule has 0 amide bonds. The fourth-order valence-electron chi connectivity index (χ4n) is 8.04. The number of fused-ring (bicyclic) bond motifs is 3. The highest BCUT2D eigenvalue weighted by molar-refractivity contribution is 6.09. The number of pyridine rings is 1. The molecule has 0 bridgehead atoms. The highest BCUT2D eigenvalue weighted by Gasteiger charge is 2.23. The lowest BCUT2D eigenvalue weighted by Crippen LogP contribution is -2.23. The molecule has 0 unspecified atom stereocenters. The molecule has 0 fully saturated rings. The zero-order valence-electron chi connectivity index (χ0n) is 29.9. The summed E-state index contributed by atoms with van der Waals surface area (Å²) in [5, 5.41) is 2.35. The number of hydrogen-bond acceptors (Lipinski definition) is 4. The van der Waals surface area contributed by atoms with Crippen molar-refractivity contribution in [1.82, 2.24) is 14.5 Å². The molecule has 0 spiro atoms. The molecule has 1 aliphatic heterocycles. The first-order valence-corrected chi connectivity index (χ1v) is 17.3. The van der Waals surface area contributed by atoms with E-state index in [-0.39, 0.29) is 0 Å². The molecule has 0 saturated carbocycles. The van der Waals surface area contributed by atoms with Crippen molar-refractivity contribution in [2.24, 2.45) is 0 Å². The molecule has 0 atom stereocenters. The van der Waals surface area contributed by atoms with E-state index < -0.39 is 0 Å². The molecule has 5 nitrogen and oxygen atoms in total. The maximum atomic E-state index is 6.60. The van der Waals surface area contributed by atoms with Gasteiger partial charge in [0.25, 0.3) is 0 Å². The molecular weight excluding hydrogens is 613 g/mol. The van der Waals surface area contributed by atoms with Crippen LogP contribution in [-0.2, 0) is 0 Å². The summed E-state index contributed by atoms with van der Waals surface area (Å²) in [5.41, 5.74) is 15.9. The molecule has 50 heavy (non-hydrogen) atoms. The fraction of sp³-hybridized carbons (Fsp3) is 0.178. The van der Waals surface area contributed by atoms with E-state index in [2.05, 4.69) is 166 Å². The van der Waals surface area contributed by atoms with Gasteiger partial charge >= 0.3 is 0 Å². The predicted octanol–water partition coefficient (Wildman–Crippen LogP) is 11.2. The van der Waals surface area contributed by atoms with Gasteiger partial charge in [0, 0.05) is 53.6 Å². The van der Waals surface area contributed by atoms with Crippen molar-refractivity contribution in [3.05, 3.63) is 154 Å². The molecule has 0 N–H and O–H groups in total. The Morgan fingerprint density at radius 3 is 2.00 bits per heavy atom. The first-order valence-electron chi connectivity index (χ1n) is 17.3. The lowest BCUT2D eigenvalue weighted by Gasteiger charge is -2.21. The third kappa shape index (κ3) is 5.49. The summed E-state index contributed by atoms with van der Waals surface area (Å²) in [6.45, 7) is 13.9. The maximum absolute atomic E-state index is 6.60. The van der Waals surface area contributed by atoms with Gasteiger partial charge in [0.05, 0.1) is 23.4 Å². The van der Waals surface area contributed by atoms with Crippen LogP contribution in [0.5, 0.6) is 11.5 Å². The van der Waals surface area contributed by atoms with E-state index in [1.807, 2.05) is 12.3 Å². The summed E-state index contributed by atoms with van der Waals surface area (Å²) in [6.07, 6.45) is 4.18. The SMILES string of the molecule is Cc1cc(C)c(C2=CN(c3cccc(Oc4ccc5c6ccccc6n(-c6cc(-c7c(C)cc(C)cc7C)ccn6)c5c4)c3)CN2C)c(C)c1. The van der Waals surface area contributed by atoms with Crippen LogP contribution in [0.3, 0.4) is 0 Å². The van der Waals surface area contributed by atoms with E-state index in [9.17, 15) is 0 Å². The number of ether oxygens (including phenoxy) is 1. The van der Waals surface area contributed by atoms with Gasteiger partial charge in [-0.3, -0.25) is 4.57 Å². The Labute approximate surface area is 294 Å². The summed E-state index contributed by atoms with van der Waals surface area (Å²) in [7, 11) is 2.16. The molecule has 0 radical (unpaired) electrons. The number of para-hydroxylation sites is 1. The lowest BCUT2D eigenvalue weighted by molar-refractivity contribution is 0.482. The molecule has 248 valence electrons. The Morgan fingerprint density at radius 1 is 0.600 bits per heavy atom. The number of aromatic nitrogens is 2. The van der Waals surface area contributed by atoms with Crippen LogP contribution in [0.1, 0.15) is 38.9 Å². The molecule has 7 aromatic rings. The van der Waals surface area contributed by atoms with Gasteiger partial charge in [-0.1, -0.05) is 59.7 Å². The van der Waals surface area contributed by atoms with Crippen LogP contribution < -0.4 is 9.64 Å². The Morgan fingerprint density at radius 2 is 1.26 bits per heavy atom. The Hall–Kier alpha value is -5.81. The Bertz CT molecular complexity index is 2440.